The van der Waals surface area contributed by atoms with Crippen molar-refractivity contribution in [1.29, 1.82) is 0 Å². The number of hydrogen-bond acceptors (Lipinski definition) is 5. The molecule has 2 heterocycles. The number of piperidine rings is 1. The molecule has 108 valence electrons. The van der Waals surface area contributed by atoms with Crippen molar-refractivity contribution < 1.29 is 13.3 Å². The minimum absolute atomic E-state index is 0.182. The van der Waals surface area contributed by atoms with Gasteiger partial charge in [-0.1, -0.05) is 12.1 Å². The second kappa shape index (κ2) is 4.80. The Morgan fingerprint density at radius 3 is 2.70 bits per heavy atom. The van der Waals surface area contributed by atoms with Gasteiger partial charge in [-0.05, 0) is 24.9 Å². The summed E-state index contributed by atoms with van der Waals surface area (Å²) in [5.74, 6) is 0.534. The van der Waals surface area contributed by atoms with Gasteiger partial charge in [0.15, 0.2) is 4.90 Å². The van der Waals surface area contributed by atoms with E-state index in [1.165, 1.54) is 28.6 Å². The van der Waals surface area contributed by atoms with Gasteiger partial charge >= 0.3 is 0 Å². The van der Waals surface area contributed by atoms with Gasteiger partial charge in [-0.3, -0.25) is 10.1 Å². The number of sulfonamides is 1. The third kappa shape index (κ3) is 2.09. The van der Waals surface area contributed by atoms with Crippen LogP contribution in [0.2, 0.25) is 0 Å². The fourth-order valence-electron chi connectivity index (χ4n) is 2.77. The summed E-state index contributed by atoms with van der Waals surface area (Å²) in [6.07, 6.45) is 0.803. The molecule has 3 rings (SSSR count). The highest BCUT2D eigenvalue weighted by molar-refractivity contribution is 7.89. The number of nitro groups is 1. The van der Waals surface area contributed by atoms with Gasteiger partial charge in [-0.2, -0.15) is 4.31 Å². The Bertz CT molecular complexity index is 646. The fraction of sp³-hybridized carbons (Fsp3) is 0.500. The van der Waals surface area contributed by atoms with Crippen LogP contribution >= 0.6 is 0 Å². The maximum atomic E-state index is 12.6. The molecule has 2 saturated heterocycles. The molecule has 0 unspecified atom stereocenters. The molecule has 0 amide bonds. The summed E-state index contributed by atoms with van der Waals surface area (Å²) in [5, 5.41) is 14.2. The van der Waals surface area contributed by atoms with Gasteiger partial charge in [0.1, 0.15) is 0 Å². The van der Waals surface area contributed by atoms with Crippen LogP contribution in [-0.2, 0) is 10.0 Å². The van der Waals surface area contributed by atoms with Crippen LogP contribution in [0.3, 0.4) is 0 Å². The lowest BCUT2D eigenvalue weighted by molar-refractivity contribution is -0.387. The molecule has 1 aromatic carbocycles. The maximum absolute atomic E-state index is 12.6. The van der Waals surface area contributed by atoms with Gasteiger partial charge in [0.05, 0.1) is 4.92 Å². The molecule has 0 saturated carbocycles. The highest BCUT2D eigenvalue weighted by Crippen LogP contribution is 2.31. The van der Waals surface area contributed by atoms with E-state index in [-0.39, 0.29) is 16.6 Å². The fourth-order valence-corrected chi connectivity index (χ4v) is 4.41. The van der Waals surface area contributed by atoms with E-state index in [9.17, 15) is 18.5 Å². The average Bonchev–Trinajstić information content (AvgIpc) is 2.40. The Balaban J connectivity index is 1.94. The van der Waals surface area contributed by atoms with Crippen LogP contribution in [0.1, 0.15) is 6.42 Å². The Morgan fingerprint density at radius 1 is 1.35 bits per heavy atom. The van der Waals surface area contributed by atoms with Crippen LogP contribution < -0.4 is 5.32 Å². The van der Waals surface area contributed by atoms with E-state index in [1.807, 2.05) is 0 Å². The number of nitrogens with zero attached hydrogens (tertiary/aromatic N) is 2. The van der Waals surface area contributed by atoms with E-state index >= 15 is 0 Å². The van der Waals surface area contributed by atoms with Crippen molar-refractivity contribution >= 4 is 15.7 Å². The van der Waals surface area contributed by atoms with Crippen LogP contribution in [0.5, 0.6) is 0 Å². The standard InChI is InChI=1S/C12H15N3O4S/c16-15(17)11-3-1-2-4-12(11)20(18,19)14-6-5-9-7-13-10(9)8-14/h1-4,9-10,13H,5-8H2/t9-,10-/m1/s1. The minimum Gasteiger partial charge on any atom is -0.312 e. The Labute approximate surface area is 116 Å². The van der Waals surface area contributed by atoms with E-state index in [1.54, 1.807) is 0 Å². The zero-order valence-corrected chi connectivity index (χ0v) is 11.5. The highest BCUT2D eigenvalue weighted by atomic mass is 32.2. The van der Waals surface area contributed by atoms with Crippen LogP contribution in [0.4, 0.5) is 5.69 Å². The molecular formula is C12H15N3O4S. The summed E-state index contributed by atoms with van der Waals surface area (Å²) in [5.41, 5.74) is -0.365. The Morgan fingerprint density at radius 2 is 2.10 bits per heavy atom. The molecule has 1 aromatic rings. The van der Waals surface area contributed by atoms with Gasteiger partial charge < -0.3 is 5.32 Å². The first kappa shape index (κ1) is 13.5. The molecular weight excluding hydrogens is 282 g/mol. The molecule has 7 nitrogen and oxygen atoms in total. The summed E-state index contributed by atoms with van der Waals surface area (Å²) in [7, 11) is -3.81. The third-order valence-corrected chi connectivity index (χ3v) is 5.95. The van der Waals surface area contributed by atoms with Crippen molar-refractivity contribution in [2.75, 3.05) is 19.6 Å². The molecule has 2 fully saturated rings. The summed E-state index contributed by atoms with van der Waals surface area (Å²) in [6, 6.07) is 5.68. The average molecular weight is 297 g/mol. The normalized spacial score (nSPS) is 26.6. The third-order valence-electron chi connectivity index (χ3n) is 4.04. The molecule has 2 atom stereocenters. The predicted molar refractivity (Wildman–Crippen MR) is 71.8 cm³/mol. The number of fused-ring (bicyclic) bond motifs is 1. The topological polar surface area (TPSA) is 92.5 Å². The highest BCUT2D eigenvalue weighted by Gasteiger charge is 2.41. The molecule has 8 heteroatoms. The first-order valence-electron chi connectivity index (χ1n) is 6.47. The number of benzene rings is 1. The van der Waals surface area contributed by atoms with Gasteiger partial charge in [-0.15, -0.1) is 0 Å². The zero-order valence-electron chi connectivity index (χ0n) is 10.7. The van der Waals surface area contributed by atoms with Gasteiger partial charge in [-0.25, -0.2) is 8.42 Å². The second-order valence-corrected chi connectivity index (χ2v) is 7.06. The molecule has 1 N–H and O–H groups in total. The van der Waals surface area contributed by atoms with E-state index < -0.39 is 14.9 Å². The van der Waals surface area contributed by atoms with Crippen molar-refractivity contribution in [3.05, 3.63) is 34.4 Å². The number of nitrogens with one attached hydrogen (secondary N) is 1. The quantitative estimate of drug-likeness (QED) is 0.650. The first-order chi connectivity index (χ1) is 9.50. The number of para-hydroxylation sites is 1. The van der Waals surface area contributed by atoms with Crippen molar-refractivity contribution in [3.63, 3.8) is 0 Å². The van der Waals surface area contributed by atoms with Crippen LogP contribution in [0.15, 0.2) is 29.2 Å². The molecule has 0 aromatic heterocycles. The molecule has 0 bridgehead atoms. The lowest BCUT2D eigenvalue weighted by atomic mass is 9.86. The number of hydrogen-bond donors (Lipinski definition) is 1. The lowest BCUT2D eigenvalue weighted by Gasteiger charge is -2.45. The maximum Gasteiger partial charge on any atom is 0.289 e. The number of rotatable bonds is 3. The van der Waals surface area contributed by atoms with E-state index in [0.717, 1.165) is 13.0 Å². The van der Waals surface area contributed by atoms with Crippen molar-refractivity contribution in [2.45, 2.75) is 17.4 Å². The monoisotopic (exact) mass is 297 g/mol. The van der Waals surface area contributed by atoms with Crippen LogP contribution in [-0.4, -0.2) is 43.3 Å². The first-order valence-corrected chi connectivity index (χ1v) is 7.91. The smallest absolute Gasteiger partial charge is 0.289 e. The van der Waals surface area contributed by atoms with Gasteiger partial charge in [0, 0.05) is 25.2 Å². The Hall–Kier alpha value is -1.51. The van der Waals surface area contributed by atoms with Crippen molar-refractivity contribution in [1.82, 2.24) is 9.62 Å². The largest absolute Gasteiger partial charge is 0.312 e. The lowest BCUT2D eigenvalue weighted by Crippen LogP contribution is -2.62. The summed E-state index contributed by atoms with van der Waals surface area (Å²) in [4.78, 5) is 10.1. The Kier molecular flexibility index (Phi) is 3.23. The molecule has 0 radical (unpaired) electrons. The second-order valence-electron chi connectivity index (χ2n) is 5.15. The van der Waals surface area contributed by atoms with E-state index in [4.69, 9.17) is 0 Å². The van der Waals surface area contributed by atoms with Crippen molar-refractivity contribution in [2.24, 2.45) is 5.92 Å². The number of nitro benzene ring substituents is 1. The van der Waals surface area contributed by atoms with Gasteiger partial charge in [0.2, 0.25) is 10.0 Å². The zero-order chi connectivity index (χ0) is 14.3. The molecule has 0 spiro atoms. The molecule has 2 aliphatic heterocycles. The SMILES string of the molecule is O=[N+]([O-])c1ccccc1S(=O)(=O)N1CC[C@@H]2CN[C@@H]2C1. The van der Waals surface area contributed by atoms with E-state index in [0.29, 0.717) is 19.0 Å². The van der Waals surface area contributed by atoms with E-state index in [2.05, 4.69) is 5.32 Å². The van der Waals surface area contributed by atoms with Crippen molar-refractivity contribution in [3.8, 4) is 0 Å². The van der Waals surface area contributed by atoms with Crippen LogP contribution in [0, 0.1) is 16.0 Å². The summed E-state index contributed by atoms with van der Waals surface area (Å²) >= 11 is 0. The van der Waals surface area contributed by atoms with Crippen LogP contribution in [0.25, 0.3) is 0 Å². The predicted octanol–water partition coefficient (Wildman–Crippen LogP) is 0.577. The molecule has 0 aliphatic carbocycles. The minimum atomic E-state index is -3.81. The van der Waals surface area contributed by atoms with Gasteiger partial charge in [0.25, 0.3) is 5.69 Å². The summed E-state index contributed by atoms with van der Waals surface area (Å²) in [6.45, 7) is 1.75. The summed E-state index contributed by atoms with van der Waals surface area (Å²) < 4.78 is 26.5. The molecule has 20 heavy (non-hydrogen) atoms. The molecule has 2 aliphatic rings.